The lowest BCUT2D eigenvalue weighted by molar-refractivity contribution is -0.157. The number of nitrogen functional groups attached to an aromatic ring is 1. The molecule has 1 fully saturated rings. The van der Waals surface area contributed by atoms with Gasteiger partial charge in [-0.1, -0.05) is 0 Å². The van der Waals surface area contributed by atoms with Gasteiger partial charge >= 0.3 is 5.69 Å². The van der Waals surface area contributed by atoms with Gasteiger partial charge in [0.1, 0.15) is 18.0 Å². The van der Waals surface area contributed by atoms with Crippen LogP contribution in [0.25, 0.3) is 0 Å². The second-order valence-corrected chi connectivity index (χ2v) is 5.86. The summed E-state index contributed by atoms with van der Waals surface area (Å²) < 4.78 is 6.55. The van der Waals surface area contributed by atoms with Gasteiger partial charge in [-0.2, -0.15) is 4.98 Å². The first-order valence-electron chi connectivity index (χ1n) is 5.95. The van der Waals surface area contributed by atoms with Crippen molar-refractivity contribution in [1.82, 2.24) is 9.55 Å². The van der Waals surface area contributed by atoms with Crippen molar-refractivity contribution in [2.24, 2.45) is 0 Å². The molecule has 4 atom stereocenters. The molecular weight excluding hydrogens is 397 g/mol. The van der Waals surface area contributed by atoms with E-state index in [2.05, 4.69) is 4.98 Å². The monoisotopic (exact) mass is 411 g/mol. The Kier molecular flexibility index (Phi) is 4.35. The van der Waals surface area contributed by atoms with E-state index in [9.17, 15) is 19.8 Å². The molecule has 10 heteroatoms. The minimum atomic E-state index is -2.36. The third-order valence-electron chi connectivity index (χ3n) is 3.41. The van der Waals surface area contributed by atoms with E-state index in [4.69, 9.17) is 15.6 Å². The minimum Gasteiger partial charge on any atom is -0.394 e. The molecule has 21 heavy (non-hydrogen) atoms. The standard InChI is InChI=1S/C11H14IN3O6/c1-4(17)11(20)7(18)6(3-16)21-9(11)15-2-5(12)8(13)14-10(15)19/h2,6-7,9,16,18,20H,3H2,1H3,(H2,13,14,19)/t6-,7-,9-,11+/m1/s1. The Labute approximate surface area is 132 Å². The van der Waals surface area contributed by atoms with Gasteiger partial charge in [0.25, 0.3) is 0 Å². The largest absolute Gasteiger partial charge is 0.394 e. The molecule has 5 N–H and O–H groups in total. The number of carbonyl (C=O) groups is 1. The van der Waals surface area contributed by atoms with Crippen molar-refractivity contribution >= 4 is 34.2 Å². The number of ketones is 1. The van der Waals surface area contributed by atoms with Crippen LogP contribution in [0.3, 0.4) is 0 Å². The van der Waals surface area contributed by atoms with Crippen molar-refractivity contribution in [3.05, 3.63) is 20.3 Å². The molecule has 1 aromatic rings. The van der Waals surface area contributed by atoms with E-state index in [0.29, 0.717) is 3.57 Å². The van der Waals surface area contributed by atoms with Gasteiger partial charge in [-0.05, 0) is 29.5 Å². The summed E-state index contributed by atoms with van der Waals surface area (Å²) in [6.07, 6.45) is -3.12. The van der Waals surface area contributed by atoms with Crippen molar-refractivity contribution in [3.63, 3.8) is 0 Å². The third-order valence-corrected chi connectivity index (χ3v) is 4.25. The van der Waals surface area contributed by atoms with E-state index >= 15 is 0 Å². The molecule has 0 unspecified atom stereocenters. The van der Waals surface area contributed by atoms with Crippen LogP contribution in [0.1, 0.15) is 13.2 Å². The average Bonchev–Trinajstić information content (AvgIpc) is 2.68. The van der Waals surface area contributed by atoms with Crippen LogP contribution in [-0.4, -0.2) is 55.1 Å². The number of aromatic nitrogens is 2. The Morgan fingerprint density at radius 3 is 2.81 bits per heavy atom. The predicted molar refractivity (Wildman–Crippen MR) is 78.3 cm³/mol. The smallest absolute Gasteiger partial charge is 0.351 e. The summed E-state index contributed by atoms with van der Waals surface area (Å²) in [6, 6.07) is 0. The second-order valence-electron chi connectivity index (χ2n) is 4.70. The summed E-state index contributed by atoms with van der Waals surface area (Å²) in [5.41, 5.74) is 2.30. The number of nitrogens with zero attached hydrogens (tertiary/aromatic N) is 2. The average molecular weight is 411 g/mol. The number of anilines is 1. The molecule has 0 spiro atoms. The molecule has 9 nitrogen and oxygen atoms in total. The van der Waals surface area contributed by atoms with E-state index in [1.54, 1.807) is 0 Å². The maximum Gasteiger partial charge on any atom is 0.351 e. The molecule has 0 aromatic carbocycles. The van der Waals surface area contributed by atoms with E-state index < -0.39 is 42.1 Å². The summed E-state index contributed by atoms with van der Waals surface area (Å²) >= 11 is 1.82. The van der Waals surface area contributed by atoms with Crippen LogP contribution in [0.4, 0.5) is 5.82 Å². The Hall–Kier alpha value is -1.08. The van der Waals surface area contributed by atoms with Crippen molar-refractivity contribution in [2.75, 3.05) is 12.3 Å². The topological polar surface area (TPSA) is 148 Å². The number of ether oxygens (including phenoxy) is 1. The highest BCUT2D eigenvalue weighted by Gasteiger charge is 2.59. The molecule has 1 saturated heterocycles. The van der Waals surface area contributed by atoms with Crippen molar-refractivity contribution in [3.8, 4) is 0 Å². The number of hydrogen-bond acceptors (Lipinski definition) is 8. The molecule has 2 rings (SSSR count). The maximum absolute atomic E-state index is 11.9. The number of rotatable bonds is 3. The molecule has 0 saturated carbocycles. The molecule has 0 aliphatic carbocycles. The SMILES string of the molecule is CC(=O)[C@]1(O)[C@H](O)[C@@H](CO)O[C@H]1n1cc(I)c(N)nc1=O. The van der Waals surface area contributed by atoms with Gasteiger partial charge in [0.05, 0.1) is 10.2 Å². The van der Waals surface area contributed by atoms with Crippen LogP contribution in [0.2, 0.25) is 0 Å². The van der Waals surface area contributed by atoms with Crippen molar-refractivity contribution in [2.45, 2.75) is 31.0 Å². The fraction of sp³-hybridized carbons (Fsp3) is 0.545. The summed E-state index contributed by atoms with van der Waals surface area (Å²) in [4.78, 5) is 27.2. The number of halogens is 1. The van der Waals surface area contributed by atoms with Crippen LogP contribution in [0, 0.1) is 3.57 Å². The Balaban J connectivity index is 2.59. The molecule has 1 aliphatic rings. The number of Topliss-reactive ketones (excluding diaryl/α,β-unsaturated/α-hetero) is 1. The fourth-order valence-corrected chi connectivity index (χ4v) is 2.62. The normalized spacial score (nSPS) is 32.3. The molecule has 1 aliphatic heterocycles. The van der Waals surface area contributed by atoms with Crippen LogP contribution in [-0.2, 0) is 9.53 Å². The first-order valence-corrected chi connectivity index (χ1v) is 7.03. The van der Waals surface area contributed by atoms with Crippen LogP contribution >= 0.6 is 22.6 Å². The zero-order chi connectivity index (χ0) is 15.9. The molecular formula is C11H14IN3O6. The highest BCUT2D eigenvalue weighted by molar-refractivity contribution is 14.1. The summed E-state index contributed by atoms with van der Waals surface area (Å²) in [6.45, 7) is 0.432. The van der Waals surface area contributed by atoms with Crippen LogP contribution in [0.5, 0.6) is 0 Å². The van der Waals surface area contributed by atoms with E-state index in [0.717, 1.165) is 11.5 Å². The molecule has 0 bridgehead atoms. The second kappa shape index (κ2) is 5.61. The lowest BCUT2D eigenvalue weighted by Gasteiger charge is -2.29. The summed E-state index contributed by atoms with van der Waals surface area (Å²) in [5.74, 6) is -0.796. The number of hydrogen-bond donors (Lipinski definition) is 4. The lowest BCUT2D eigenvalue weighted by Crippen LogP contribution is -2.53. The number of aliphatic hydroxyl groups excluding tert-OH is 2. The molecule has 0 radical (unpaired) electrons. The van der Waals surface area contributed by atoms with Gasteiger partial charge in [-0.25, -0.2) is 4.79 Å². The third kappa shape index (κ3) is 2.46. The molecule has 0 amide bonds. The van der Waals surface area contributed by atoms with E-state index in [-0.39, 0.29) is 5.82 Å². The highest BCUT2D eigenvalue weighted by atomic mass is 127. The van der Waals surface area contributed by atoms with E-state index in [1.807, 2.05) is 22.6 Å². The van der Waals surface area contributed by atoms with Gasteiger partial charge in [0.2, 0.25) is 0 Å². The van der Waals surface area contributed by atoms with Gasteiger partial charge in [0.15, 0.2) is 17.6 Å². The predicted octanol–water partition coefficient (Wildman–Crippen LogP) is -2.00. The van der Waals surface area contributed by atoms with Crippen molar-refractivity contribution in [1.29, 1.82) is 0 Å². The highest BCUT2D eigenvalue weighted by Crippen LogP contribution is 2.38. The maximum atomic E-state index is 11.9. The minimum absolute atomic E-state index is 0.000434. The summed E-state index contributed by atoms with van der Waals surface area (Å²) in [7, 11) is 0. The van der Waals surface area contributed by atoms with Gasteiger partial charge in [-0.3, -0.25) is 9.36 Å². The molecule has 1 aromatic heterocycles. The number of nitrogens with two attached hydrogens (primary N) is 1. The molecule has 116 valence electrons. The quantitative estimate of drug-likeness (QED) is 0.418. The lowest BCUT2D eigenvalue weighted by atomic mass is 9.90. The zero-order valence-electron chi connectivity index (χ0n) is 10.9. The zero-order valence-corrected chi connectivity index (χ0v) is 13.1. The van der Waals surface area contributed by atoms with E-state index in [1.165, 1.54) is 6.20 Å². The van der Waals surface area contributed by atoms with Gasteiger partial charge in [-0.15, -0.1) is 0 Å². The Bertz CT molecular complexity index is 635. The number of aliphatic hydroxyl groups is 3. The first kappa shape index (κ1) is 16.3. The Morgan fingerprint density at radius 2 is 2.29 bits per heavy atom. The van der Waals surface area contributed by atoms with Crippen LogP contribution < -0.4 is 11.4 Å². The molecule has 2 heterocycles. The van der Waals surface area contributed by atoms with Crippen molar-refractivity contribution < 1.29 is 24.9 Å². The van der Waals surface area contributed by atoms with Gasteiger partial charge < -0.3 is 25.8 Å². The first-order chi connectivity index (χ1) is 9.73. The Morgan fingerprint density at radius 1 is 1.67 bits per heavy atom. The number of carbonyl (C=O) groups excluding carboxylic acids is 1. The summed E-state index contributed by atoms with van der Waals surface area (Å²) in [5, 5.41) is 29.6. The van der Waals surface area contributed by atoms with Gasteiger partial charge in [0, 0.05) is 6.20 Å². The fourth-order valence-electron chi connectivity index (χ4n) is 2.20. The van der Waals surface area contributed by atoms with Crippen LogP contribution in [0.15, 0.2) is 11.0 Å².